The highest BCUT2D eigenvalue weighted by atomic mass is 79.9. The van der Waals surface area contributed by atoms with Crippen molar-refractivity contribution in [3.63, 3.8) is 0 Å². The number of nitrogens with zero attached hydrogens (tertiary/aromatic N) is 2. The van der Waals surface area contributed by atoms with Crippen LogP contribution in [0.2, 0.25) is 0 Å². The van der Waals surface area contributed by atoms with E-state index < -0.39 is 10.2 Å². The third-order valence-electron chi connectivity index (χ3n) is 2.97. The van der Waals surface area contributed by atoms with E-state index in [0.717, 1.165) is 12.8 Å². The zero-order chi connectivity index (χ0) is 13.2. The van der Waals surface area contributed by atoms with Crippen molar-refractivity contribution in [3.8, 4) is 0 Å². The fourth-order valence-electron chi connectivity index (χ4n) is 2.03. The summed E-state index contributed by atoms with van der Waals surface area (Å²) in [6, 6.07) is 1.63. The molecule has 0 saturated carbocycles. The summed E-state index contributed by atoms with van der Waals surface area (Å²) in [6.07, 6.45) is 5.13. The SMILES string of the molecule is CC1CCCN(S(=O)(=O)Nc2ccncc2Br)C1. The molecule has 1 aromatic rings. The van der Waals surface area contributed by atoms with Crippen LogP contribution >= 0.6 is 15.9 Å². The molecule has 1 fully saturated rings. The van der Waals surface area contributed by atoms with Crippen LogP contribution in [0.5, 0.6) is 0 Å². The number of hydrogen-bond donors (Lipinski definition) is 1. The number of rotatable bonds is 3. The largest absolute Gasteiger partial charge is 0.301 e. The van der Waals surface area contributed by atoms with Gasteiger partial charge in [0.05, 0.1) is 10.2 Å². The van der Waals surface area contributed by atoms with Crippen molar-refractivity contribution in [3.05, 3.63) is 22.9 Å². The maximum atomic E-state index is 12.2. The van der Waals surface area contributed by atoms with Crippen molar-refractivity contribution < 1.29 is 8.42 Å². The second-order valence-corrected chi connectivity index (χ2v) is 7.09. The molecule has 1 aromatic heterocycles. The van der Waals surface area contributed by atoms with Gasteiger partial charge in [0, 0.05) is 25.5 Å². The highest BCUT2D eigenvalue weighted by Crippen LogP contribution is 2.24. The number of anilines is 1. The van der Waals surface area contributed by atoms with Crippen molar-refractivity contribution in [1.29, 1.82) is 0 Å². The Labute approximate surface area is 116 Å². The average molecular weight is 334 g/mol. The molecule has 1 aliphatic rings. The van der Waals surface area contributed by atoms with E-state index in [1.807, 2.05) is 0 Å². The lowest BCUT2D eigenvalue weighted by Gasteiger charge is -2.30. The van der Waals surface area contributed by atoms with Crippen LogP contribution in [-0.4, -0.2) is 30.8 Å². The Hall–Kier alpha value is -0.660. The monoisotopic (exact) mass is 333 g/mol. The topological polar surface area (TPSA) is 62.3 Å². The van der Waals surface area contributed by atoms with Gasteiger partial charge in [0.2, 0.25) is 0 Å². The lowest BCUT2D eigenvalue weighted by atomic mass is 10.0. The van der Waals surface area contributed by atoms with Crippen molar-refractivity contribution >= 4 is 31.8 Å². The van der Waals surface area contributed by atoms with E-state index in [1.165, 1.54) is 4.31 Å². The Morgan fingerprint density at radius 1 is 1.56 bits per heavy atom. The summed E-state index contributed by atoms with van der Waals surface area (Å²) in [5.74, 6) is 0.413. The zero-order valence-corrected chi connectivity index (χ0v) is 12.5. The molecule has 1 unspecified atom stereocenters. The summed E-state index contributed by atoms with van der Waals surface area (Å²) in [5, 5.41) is 0. The number of piperidine rings is 1. The summed E-state index contributed by atoms with van der Waals surface area (Å²) < 4.78 is 29.2. The van der Waals surface area contributed by atoms with Crippen LogP contribution in [0.15, 0.2) is 22.9 Å². The third-order valence-corrected chi connectivity index (χ3v) is 5.09. The quantitative estimate of drug-likeness (QED) is 0.922. The maximum Gasteiger partial charge on any atom is 0.301 e. The first-order chi connectivity index (χ1) is 8.49. The molecular formula is C11H16BrN3O2S. The van der Waals surface area contributed by atoms with Crippen LogP contribution < -0.4 is 4.72 Å². The van der Waals surface area contributed by atoms with Gasteiger partial charge in [-0.25, -0.2) is 0 Å². The second-order valence-electron chi connectivity index (χ2n) is 4.57. The molecule has 7 heteroatoms. The van der Waals surface area contributed by atoms with E-state index >= 15 is 0 Å². The van der Waals surface area contributed by atoms with Gasteiger partial charge in [-0.2, -0.15) is 12.7 Å². The Morgan fingerprint density at radius 3 is 3.00 bits per heavy atom. The lowest BCUT2D eigenvalue weighted by Crippen LogP contribution is -2.42. The predicted molar refractivity (Wildman–Crippen MR) is 74.5 cm³/mol. The van der Waals surface area contributed by atoms with Crippen LogP contribution in [0.25, 0.3) is 0 Å². The summed E-state index contributed by atoms with van der Waals surface area (Å²) in [5.41, 5.74) is 0.517. The van der Waals surface area contributed by atoms with Crippen LogP contribution in [0.3, 0.4) is 0 Å². The zero-order valence-electron chi connectivity index (χ0n) is 10.1. The van der Waals surface area contributed by atoms with E-state index in [1.54, 1.807) is 18.5 Å². The molecule has 1 atom stereocenters. The highest BCUT2D eigenvalue weighted by Gasteiger charge is 2.27. The first kappa shape index (κ1) is 13.8. The van der Waals surface area contributed by atoms with Crippen LogP contribution in [0.4, 0.5) is 5.69 Å². The van der Waals surface area contributed by atoms with Crippen molar-refractivity contribution in [2.75, 3.05) is 17.8 Å². The Balaban J connectivity index is 2.14. The Kier molecular flexibility index (Phi) is 4.24. The predicted octanol–water partition coefficient (Wildman–Crippen LogP) is 2.23. The molecular weight excluding hydrogens is 318 g/mol. The van der Waals surface area contributed by atoms with Gasteiger partial charge < -0.3 is 0 Å². The van der Waals surface area contributed by atoms with Gasteiger partial charge in [0.15, 0.2) is 0 Å². The lowest BCUT2D eigenvalue weighted by molar-refractivity contribution is 0.282. The van der Waals surface area contributed by atoms with E-state index in [9.17, 15) is 8.42 Å². The highest BCUT2D eigenvalue weighted by molar-refractivity contribution is 9.10. The fourth-order valence-corrected chi connectivity index (χ4v) is 3.91. The minimum Gasteiger partial charge on any atom is -0.270 e. The van der Waals surface area contributed by atoms with Gasteiger partial charge in [0.25, 0.3) is 0 Å². The molecule has 18 heavy (non-hydrogen) atoms. The summed E-state index contributed by atoms with van der Waals surface area (Å²) >= 11 is 3.28. The summed E-state index contributed by atoms with van der Waals surface area (Å²) in [4.78, 5) is 3.90. The van der Waals surface area contributed by atoms with Gasteiger partial charge >= 0.3 is 10.2 Å². The van der Waals surface area contributed by atoms with Crippen LogP contribution in [-0.2, 0) is 10.2 Å². The standard InChI is InChI=1S/C11H16BrN3O2S/c1-9-3-2-6-15(8-9)18(16,17)14-11-4-5-13-7-10(11)12/h4-5,7,9H,2-3,6,8H2,1H3,(H,13,14). The van der Waals surface area contributed by atoms with E-state index in [0.29, 0.717) is 29.2 Å². The fraction of sp³-hybridized carbons (Fsp3) is 0.545. The molecule has 0 spiro atoms. The summed E-state index contributed by atoms with van der Waals surface area (Å²) in [6.45, 7) is 3.24. The van der Waals surface area contributed by atoms with E-state index in [-0.39, 0.29) is 0 Å². The molecule has 0 aliphatic carbocycles. The molecule has 1 saturated heterocycles. The Bertz CT molecular complexity index is 521. The molecule has 5 nitrogen and oxygen atoms in total. The van der Waals surface area contributed by atoms with Gasteiger partial charge in [0.1, 0.15) is 0 Å². The van der Waals surface area contributed by atoms with Gasteiger partial charge in [-0.3, -0.25) is 9.71 Å². The molecule has 0 aromatic carbocycles. The number of nitrogens with one attached hydrogen (secondary N) is 1. The molecule has 0 radical (unpaired) electrons. The number of halogens is 1. The molecule has 0 amide bonds. The molecule has 2 heterocycles. The number of pyridine rings is 1. The molecule has 1 aliphatic heterocycles. The van der Waals surface area contributed by atoms with E-state index in [4.69, 9.17) is 0 Å². The first-order valence-electron chi connectivity index (χ1n) is 5.86. The Morgan fingerprint density at radius 2 is 2.33 bits per heavy atom. The minimum absolute atomic E-state index is 0.413. The number of aromatic nitrogens is 1. The normalized spacial score (nSPS) is 21.8. The smallest absolute Gasteiger partial charge is 0.270 e. The number of hydrogen-bond acceptors (Lipinski definition) is 3. The van der Waals surface area contributed by atoms with Gasteiger partial charge in [-0.1, -0.05) is 6.92 Å². The van der Waals surface area contributed by atoms with Crippen LogP contribution in [0.1, 0.15) is 19.8 Å². The van der Waals surface area contributed by atoms with E-state index in [2.05, 4.69) is 32.6 Å². The summed E-state index contributed by atoms with van der Waals surface area (Å²) in [7, 11) is -3.47. The molecule has 1 N–H and O–H groups in total. The first-order valence-corrected chi connectivity index (χ1v) is 8.10. The van der Waals surface area contributed by atoms with Gasteiger partial charge in [-0.05, 0) is 40.8 Å². The third kappa shape index (κ3) is 3.21. The van der Waals surface area contributed by atoms with Gasteiger partial charge in [-0.15, -0.1) is 0 Å². The van der Waals surface area contributed by atoms with Crippen molar-refractivity contribution in [2.24, 2.45) is 5.92 Å². The van der Waals surface area contributed by atoms with Crippen molar-refractivity contribution in [1.82, 2.24) is 9.29 Å². The van der Waals surface area contributed by atoms with Crippen LogP contribution in [0, 0.1) is 5.92 Å². The molecule has 2 rings (SSSR count). The average Bonchev–Trinajstić information content (AvgIpc) is 2.32. The minimum atomic E-state index is -3.47. The molecule has 0 bridgehead atoms. The van der Waals surface area contributed by atoms with Crippen molar-refractivity contribution in [2.45, 2.75) is 19.8 Å². The molecule has 100 valence electrons. The second kappa shape index (κ2) is 5.54. The maximum absolute atomic E-state index is 12.2.